The van der Waals surface area contributed by atoms with Crippen molar-refractivity contribution in [1.29, 1.82) is 0 Å². The summed E-state index contributed by atoms with van der Waals surface area (Å²) < 4.78 is 0. The van der Waals surface area contributed by atoms with Crippen LogP contribution in [0.25, 0.3) is 0 Å². The summed E-state index contributed by atoms with van der Waals surface area (Å²) in [4.78, 5) is 4.49. The molecule has 0 N–H and O–H groups in total. The maximum absolute atomic E-state index is 4.49. The van der Waals surface area contributed by atoms with Crippen LogP contribution in [0.1, 0.15) is 5.69 Å². The van der Waals surface area contributed by atoms with Gasteiger partial charge in [0.15, 0.2) is 0 Å². The van der Waals surface area contributed by atoms with Crippen molar-refractivity contribution in [2.45, 2.75) is 6.16 Å². The molecule has 1 aromatic heterocycles. The van der Waals surface area contributed by atoms with Gasteiger partial charge in [-0.1, -0.05) is 66.7 Å². The average Bonchev–Trinajstić information content (AvgIpc) is 2.55. The van der Waals surface area contributed by atoms with E-state index in [2.05, 4.69) is 77.8 Å². The first-order chi connectivity index (χ1) is 9.93. The van der Waals surface area contributed by atoms with Gasteiger partial charge in [0.1, 0.15) is 0 Å². The maximum Gasteiger partial charge on any atom is 0.0452 e. The van der Waals surface area contributed by atoms with Gasteiger partial charge in [-0.15, -0.1) is 0 Å². The highest BCUT2D eigenvalue weighted by atomic mass is 31.1. The molecule has 2 heteroatoms. The van der Waals surface area contributed by atoms with Crippen molar-refractivity contribution >= 4 is 18.5 Å². The van der Waals surface area contributed by atoms with Crippen molar-refractivity contribution in [2.24, 2.45) is 0 Å². The SMILES string of the molecule is c1ccc(P(Cc2ccccn2)c2ccccc2)cc1. The van der Waals surface area contributed by atoms with Crippen LogP contribution in [0, 0.1) is 0 Å². The van der Waals surface area contributed by atoms with E-state index < -0.39 is 0 Å². The van der Waals surface area contributed by atoms with Crippen LogP contribution in [0.15, 0.2) is 85.1 Å². The van der Waals surface area contributed by atoms with E-state index in [9.17, 15) is 0 Å². The minimum Gasteiger partial charge on any atom is -0.261 e. The van der Waals surface area contributed by atoms with Gasteiger partial charge in [-0.2, -0.15) is 0 Å². The van der Waals surface area contributed by atoms with Crippen molar-refractivity contribution in [3.8, 4) is 0 Å². The van der Waals surface area contributed by atoms with Gasteiger partial charge < -0.3 is 0 Å². The fourth-order valence-corrected chi connectivity index (χ4v) is 4.44. The van der Waals surface area contributed by atoms with Crippen molar-refractivity contribution in [2.75, 3.05) is 0 Å². The number of pyridine rings is 1. The minimum absolute atomic E-state index is 0.390. The zero-order valence-electron chi connectivity index (χ0n) is 11.2. The molecule has 0 saturated carbocycles. The molecule has 20 heavy (non-hydrogen) atoms. The summed E-state index contributed by atoms with van der Waals surface area (Å²) in [7, 11) is -0.390. The van der Waals surface area contributed by atoms with Crippen LogP contribution in [0.2, 0.25) is 0 Å². The molecule has 3 aromatic rings. The van der Waals surface area contributed by atoms with Gasteiger partial charge in [0.05, 0.1) is 0 Å². The van der Waals surface area contributed by atoms with Crippen LogP contribution in [0.5, 0.6) is 0 Å². The predicted molar refractivity (Wildman–Crippen MR) is 87.0 cm³/mol. The van der Waals surface area contributed by atoms with E-state index in [0.29, 0.717) is 0 Å². The Bertz CT molecular complexity index is 599. The van der Waals surface area contributed by atoms with Gasteiger partial charge in [-0.05, 0) is 30.7 Å². The van der Waals surface area contributed by atoms with E-state index in [1.54, 1.807) is 0 Å². The lowest BCUT2D eigenvalue weighted by atomic mass is 10.4. The molecule has 98 valence electrons. The molecular formula is C18H16NP. The molecular weight excluding hydrogens is 261 g/mol. The number of benzene rings is 2. The van der Waals surface area contributed by atoms with Gasteiger partial charge >= 0.3 is 0 Å². The number of hydrogen-bond donors (Lipinski definition) is 0. The van der Waals surface area contributed by atoms with Gasteiger partial charge in [0.2, 0.25) is 0 Å². The monoisotopic (exact) mass is 277 g/mol. The number of rotatable bonds is 4. The van der Waals surface area contributed by atoms with Gasteiger partial charge in [0.25, 0.3) is 0 Å². The number of nitrogens with zero attached hydrogens (tertiary/aromatic N) is 1. The Morgan fingerprint density at radius 3 is 1.70 bits per heavy atom. The summed E-state index contributed by atoms with van der Waals surface area (Å²) in [5, 5.41) is 2.80. The molecule has 2 aromatic carbocycles. The molecule has 0 atom stereocenters. The van der Waals surface area contributed by atoms with E-state index in [-0.39, 0.29) is 7.92 Å². The zero-order chi connectivity index (χ0) is 13.6. The summed E-state index contributed by atoms with van der Waals surface area (Å²) in [6.45, 7) is 0. The van der Waals surface area contributed by atoms with Crippen LogP contribution >= 0.6 is 7.92 Å². The molecule has 0 bridgehead atoms. The lowest BCUT2D eigenvalue weighted by Crippen LogP contribution is -2.13. The summed E-state index contributed by atoms with van der Waals surface area (Å²) in [5.41, 5.74) is 1.16. The highest BCUT2D eigenvalue weighted by molar-refractivity contribution is 7.72. The van der Waals surface area contributed by atoms with Crippen LogP contribution < -0.4 is 10.6 Å². The highest BCUT2D eigenvalue weighted by Crippen LogP contribution is 2.36. The van der Waals surface area contributed by atoms with Gasteiger partial charge in [-0.3, -0.25) is 4.98 Å². The topological polar surface area (TPSA) is 12.9 Å². The number of hydrogen-bond acceptors (Lipinski definition) is 1. The lowest BCUT2D eigenvalue weighted by molar-refractivity contribution is 1.17. The fraction of sp³-hybridized carbons (Fsp3) is 0.0556. The molecule has 0 radical (unpaired) electrons. The van der Waals surface area contributed by atoms with Crippen molar-refractivity contribution < 1.29 is 0 Å². The smallest absolute Gasteiger partial charge is 0.0452 e. The highest BCUT2D eigenvalue weighted by Gasteiger charge is 2.14. The molecule has 1 nitrogen and oxygen atoms in total. The lowest BCUT2D eigenvalue weighted by Gasteiger charge is -2.18. The molecule has 0 aliphatic heterocycles. The minimum atomic E-state index is -0.390. The molecule has 3 rings (SSSR count). The Morgan fingerprint density at radius 2 is 1.20 bits per heavy atom. The Kier molecular flexibility index (Phi) is 4.20. The first kappa shape index (κ1) is 13.0. The second kappa shape index (κ2) is 6.45. The van der Waals surface area contributed by atoms with E-state index in [1.165, 1.54) is 10.6 Å². The maximum atomic E-state index is 4.49. The largest absolute Gasteiger partial charge is 0.261 e. The Hall–Kier alpha value is -1.98. The van der Waals surface area contributed by atoms with Crippen molar-refractivity contribution in [1.82, 2.24) is 4.98 Å². The van der Waals surface area contributed by atoms with E-state index in [4.69, 9.17) is 0 Å². The summed E-state index contributed by atoms with van der Waals surface area (Å²) in [6, 6.07) is 27.7. The quantitative estimate of drug-likeness (QED) is 0.662. The Balaban J connectivity index is 1.96. The zero-order valence-corrected chi connectivity index (χ0v) is 12.1. The first-order valence-corrected chi connectivity index (χ1v) is 8.24. The van der Waals surface area contributed by atoms with Crippen LogP contribution in [0.4, 0.5) is 0 Å². The van der Waals surface area contributed by atoms with Crippen LogP contribution in [-0.2, 0) is 6.16 Å². The first-order valence-electron chi connectivity index (χ1n) is 6.71. The molecule has 0 fully saturated rings. The van der Waals surface area contributed by atoms with E-state index >= 15 is 0 Å². The second-order valence-electron chi connectivity index (χ2n) is 4.58. The van der Waals surface area contributed by atoms with Crippen molar-refractivity contribution in [3.63, 3.8) is 0 Å². The predicted octanol–water partition coefficient (Wildman–Crippen LogP) is 3.71. The normalized spacial score (nSPS) is 10.7. The molecule has 0 aliphatic carbocycles. The van der Waals surface area contributed by atoms with E-state index in [0.717, 1.165) is 11.9 Å². The standard InChI is InChI=1S/C18H16NP/c1-3-10-17(11-4-1)20(18-12-5-2-6-13-18)15-16-9-7-8-14-19-16/h1-14H,15H2. The number of aromatic nitrogens is 1. The molecule has 1 heterocycles. The van der Waals surface area contributed by atoms with E-state index in [1.807, 2.05) is 12.3 Å². The van der Waals surface area contributed by atoms with Crippen LogP contribution in [-0.4, -0.2) is 4.98 Å². The van der Waals surface area contributed by atoms with Gasteiger partial charge in [0, 0.05) is 18.1 Å². The Morgan fingerprint density at radius 1 is 0.650 bits per heavy atom. The van der Waals surface area contributed by atoms with Crippen LogP contribution in [0.3, 0.4) is 0 Å². The molecule has 0 unspecified atom stereocenters. The van der Waals surface area contributed by atoms with Gasteiger partial charge in [-0.25, -0.2) is 0 Å². The molecule has 0 aliphatic rings. The summed E-state index contributed by atoms with van der Waals surface area (Å²) in [5.74, 6) is 0. The summed E-state index contributed by atoms with van der Waals surface area (Å²) >= 11 is 0. The molecule has 0 spiro atoms. The fourth-order valence-electron chi connectivity index (χ4n) is 2.20. The van der Waals surface area contributed by atoms with Crippen molar-refractivity contribution in [3.05, 3.63) is 90.8 Å². The Labute approximate surface area is 121 Å². The molecule has 0 amide bonds. The average molecular weight is 277 g/mol. The third-order valence-corrected chi connectivity index (χ3v) is 5.67. The summed E-state index contributed by atoms with van der Waals surface area (Å²) in [6.07, 6.45) is 2.86. The third kappa shape index (κ3) is 3.12. The second-order valence-corrected chi connectivity index (χ2v) is 6.78. The molecule has 0 saturated heterocycles. The third-order valence-electron chi connectivity index (χ3n) is 3.18.